The molecule has 0 saturated heterocycles. The van der Waals surface area contributed by atoms with Crippen LogP contribution in [0.5, 0.6) is 0 Å². The normalized spacial score (nSPS) is 10.1. The van der Waals surface area contributed by atoms with Crippen molar-refractivity contribution in [1.29, 1.82) is 0 Å². The van der Waals surface area contributed by atoms with Gasteiger partial charge in [-0.25, -0.2) is 4.79 Å². The predicted molar refractivity (Wildman–Crippen MR) is 66.0 cm³/mol. The Morgan fingerprint density at radius 2 is 2.00 bits per heavy atom. The van der Waals surface area contributed by atoms with Gasteiger partial charge in [0.2, 0.25) is 5.13 Å². The molecule has 7 heteroatoms. The Kier molecular flexibility index (Phi) is 3.33. The van der Waals surface area contributed by atoms with E-state index in [1.165, 1.54) is 35.6 Å². The second-order valence-electron chi connectivity index (χ2n) is 3.47. The van der Waals surface area contributed by atoms with Crippen LogP contribution in [0.3, 0.4) is 0 Å². The number of carbonyl (C=O) groups is 2. The number of aryl methyl sites for hydroxylation is 1. The number of hydrogen-bond donors (Lipinski definition) is 2. The van der Waals surface area contributed by atoms with Gasteiger partial charge < -0.3 is 5.11 Å². The molecule has 1 heterocycles. The summed E-state index contributed by atoms with van der Waals surface area (Å²) in [4.78, 5) is 22.6. The van der Waals surface area contributed by atoms with Gasteiger partial charge >= 0.3 is 5.97 Å². The van der Waals surface area contributed by atoms with Crippen LogP contribution in [0.15, 0.2) is 24.3 Å². The summed E-state index contributed by atoms with van der Waals surface area (Å²) in [6, 6.07) is 5.79. The van der Waals surface area contributed by atoms with E-state index in [4.69, 9.17) is 5.11 Å². The average Bonchev–Trinajstić information content (AvgIpc) is 2.75. The standard InChI is InChI=1S/C11H9N3O3S/c1-6-13-14-11(18-6)12-9(15)7-3-2-4-8(5-7)10(16)17/h2-5H,1H3,(H,16,17)(H,12,14,15). The molecule has 1 aromatic heterocycles. The zero-order valence-corrected chi connectivity index (χ0v) is 10.2. The maximum Gasteiger partial charge on any atom is 0.335 e. The highest BCUT2D eigenvalue weighted by atomic mass is 32.1. The number of amides is 1. The van der Waals surface area contributed by atoms with Crippen molar-refractivity contribution in [2.24, 2.45) is 0 Å². The van der Waals surface area contributed by atoms with E-state index in [0.29, 0.717) is 5.13 Å². The van der Waals surface area contributed by atoms with Crippen LogP contribution in [0.1, 0.15) is 25.7 Å². The van der Waals surface area contributed by atoms with Crippen LogP contribution in [0.4, 0.5) is 5.13 Å². The first-order valence-corrected chi connectivity index (χ1v) is 5.83. The Hall–Kier alpha value is -2.28. The van der Waals surface area contributed by atoms with Crippen molar-refractivity contribution >= 4 is 28.3 Å². The van der Waals surface area contributed by atoms with Crippen molar-refractivity contribution in [2.45, 2.75) is 6.92 Å². The number of rotatable bonds is 3. The summed E-state index contributed by atoms with van der Waals surface area (Å²) in [5.74, 6) is -1.48. The largest absolute Gasteiger partial charge is 0.478 e. The Balaban J connectivity index is 2.18. The lowest BCUT2D eigenvalue weighted by Crippen LogP contribution is -2.12. The monoisotopic (exact) mass is 263 g/mol. The third-order valence-corrected chi connectivity index (χ3v) is 2.87. The van der Waals surface area contributed by atoms with Crippen LogP contribution in [-0.4, -0.2) is 27.2 Å². The summed E-state index contributed by atoms with van der Waals surface area (Å²) < 4.78 is 0. The number of carboxylic acids is 1. The number of nitrogens with zero attached hydrogens (tertiary/aromatic N) is 2. The first-order chi connectivity index (χ1) is 8.56. The zero-order valence-electron chi connectivity index (χ0n) is 9.38. The second-order valence-corrected chi connectivity index (χ2v) is 4.65. The molecule has 1 amide bonds. The zero-order chi connectivity index (χ0) is 13.1. The van der Waals surface area contributed by atoms with Crippen molar-refractivity contribution in [3.05, 3.63) is 40.4 Å². The van der Waals surface area contributed by atoms with Crippen LogP contribution in [0.25, 0.3) is 0 Å². The summed E-state index contributed by atoms with van der Waals surface area (Å²) in [6.45, 7) is 1.78. The molecule has 0 unspecified atom stereocenters. The molecular formula is C11H9N3O3S. The number of aromatic nitrogens is 2. The van der Waals surface area contributed by atoms with Gasteiger partial charge in [0.15, 0.2) is 0 Å². The SMILES string of the molecule is Cc1nnc(NC(=O)c2cccc(C(=O)O)c2)s1. The maximum absolute atomic E-state index is 11.8. The molecule has 18 heavy (non-hydrogen) atoms. The van der Waals surface area contributed by atoms with E-state index in [9.17, 15) is 9.59 Å². The molecular weight excluding hydrogens is 254 g/mol. The lowest BCUT2D eigenvalue weighted by Gasteiger charge is -2.02. The van der Waals surface area contributed by atoms with Crippen LogP contribution >= 0.6 is 11.3 Å². The fourth-order valence-electron chi connectivity index (χ4n) is 1.31. The van der Waals surface area contributed by atoms with Gasteiger partial charge in [-0.15, -0.1) is 10.2 Å². The Labute approximate surface area is 106 Å². The third kappa shape index (κ3) is 2.69. The topological polar surface area (TPSA) is 92.2 Å². The number of aromatic carboxylic acids is 1. The van der Waals surface area contributed by atoms with Crippen LogP contribution < -0.4 is 5.32 Å². The molecule has 0 fully saturated rings. The van der Waals surface area contributed by atoms with Gasteiger partial charge in [-0.1, -0.05) is 17.4 Å². The summed E-state index contributed by atoms with van der Waals surface area (Å²) in [5, 5.41) is 20.0. The molecule has 6 nitrogen and oxygen atoms in total. The van der Waals surface area contributed by atoms with Gasteiger partial charge in [0.25, 0.3) is 5.91 Å². The molecule has 0 saturated carbocycles. The minimum absolute atomic E-state index is 0.0658. The number of nitrogens with one attached hydrogen (secondary N) is 1. The fourth-order valence-corrected chi connectivity index (χ4v) is 1.90. The van der Waals surface area contributed by atoms with Crippen LogP contribution in [0.2, 0.25) is 0 Å². The maximum atomic E-state index is 11.8. The molecule has 2 rings (SSSR count). The molecule has 0 aliphatic rings. The minimum Gasteiger partial charge on any atom is -0.478 e. The van der Waals surface area contributed by atoms with E-state index in [-0.39, 0.29) is 11.1 Å². The van der Waals surface area contributed by atoms with Gasteiger partial charge in [-0.05, 0) is 25.1 Å². The van der Waals surface area contributed by atoms with Crippen LogP contribution in [0, 0.1) is 6.92 Å². The lowest BCUT2D eigenvalue weighted by molar-refractivity contribution is 0.0697. The number of carbonyl (C=O) groups excluding carboxylic acids is 1. The van der Waals surface area contributed by atoms with Crippen molar-refractivity contribution in [1.82, 2.24) is 10.2 Å². The number of anilines is 1. The lowest BCUT2D eigenvalue weighted by atomic mass is 10.1. The Morgan fingerprint density at radius 3 is 2.61 bits per heavy atom. The van der Waals surface area contributed by atoms with E-state index in [2.05, 4.69) is 15.5 Å². The second kappa shape index (κ2) is 4.92. The molecule has 0 aliphatic carbocycles. The Morgan fingerprint density at radius 1 is 1.28 bits per heavy atom. The van der Waals surface area contributed by atoms with Crippen molar-refractivity contribution in [3.8, 4) is 0 Å². The van der Waals surface area contributed by atoms with Crippen molar-refractivity contribution in [3.63, 3.8) is 0 Å². The average molecular weight is 263 g/mol. The predicted octanol–water partition coefficient (Wildman–Crippen LogP) is 1.80. The molecule has 1 aromatic carbocycles. The fraction of sp³-hybridized carbons (Fsp3) is 0.0909. The quantitative estimate of drug-likeness (QED) is 0.880. The number of benzene rings is 1. The summed E-state index contributed by atoms with van der Waals surface area (Å²) in [6.07, 6.45) is 0. The van der Waals surface area contributed by atoms with Crippen molar-refractivity contribution in [2.75, 3.05) is 5.32 Å². The number of carboxylic acid groups (broad SMARTS) is 1. The van der Waals surface area contributed by atoms with Gasteiger partial charge in [0.1, 0.15) is 5.01 Å². The molecule has 0 atom stereocenters. The van der Waals surface area contributed by atoms with E-state index in [1.807, 2.05) is 0 Å². The van der Waals surface area contributed by atoms with E-state index >= 15 is 0 Å². The van der Waals surface area contributed by atoms with Gasteiger partial charge in [0.05, 0.1) is 5.56 Å². The summed E-state index contributed by atoms with van der Waals surface area (Å²) in [5.41, 5.74) is 0.332. The van der Waals surface area contributed by atoms with E-state index < -0.39 is 11.9 Å². The van der Waals surface area contributed by atoms with Crippen molar-refractivity contribution < 1.29 is 14.7 Å². The number of hydrogen-bond acceptors (Lipinski definition) is 5. The first-order valence-electron chi connectivity index (χ1n) is 5.01. The van der Waals surface area contributed by atoms with Gasteiger partial charge in [0, 0.05) is 5.56 Å². The molecule has 0 aliphatic heterocycles. The highest BCUT2D eigenvalue weighted by molar-refractivity contribution is 7.15. The molecule has 92 valence electrons. The molecule has 2 N–H and O–H groups in total. The van der Waals surface area contributed by atoms with Crippen LogP contribution in [-0.2, 0) is 0 Å². The molecule has 0 bridgehead atoms. The minimum atomic E-state index is -1.07. The summed E-state index contributed by atoms with van der Waals surface area (Å²) >= 11 is 1.25. The highest BCUT2D eigenvalue weighted by Gasteiger charge is 2.11. The van der Waals surface area contributed by atoms with Gasteiger partial charge in [-0.2, -0.15) is 0 Å². The molecule has 2 aromatic rings. The molecule has 0 spiro atoms. The van der Waals surface area contributed by atoms with E-state index in [1.54, 1.807) is 6.92 Å². The third-order valence-electron chi connectivity index (χ3n) is 2.12. The first kappa shape index (κ1) is 12.2. The highest BCUT2D eigenvalue weighted by Crippen LogP contribution is 2.15. The van der Waals surface area contributed by atoms with Gasteiger partial charge in [-0.3, -0.25) is 10.1 Å². The smallest absolute Gasteiger partial charge is 0.335 e. The molecule has 0 radical (unpaired) electrons. The van der Waals surface area contributed by atoms with E-state index in [0.717, 1.165) is 5.01 Å². The summed E-state index contributed by atoms with van der Waals surface area (Å²) in [7, 11) is 0. The Bertz CT molecular complexity index is 609.